The number of carbonyl (C=O) groups excluding carboxylic acids is 2. The molecule has 7 heteroatoms. The molecule has 0 unspecified atom stereocenters. The molecule has 1 aromatic carbocycles. The first kappa shape index (κ1) is 15.5. The number of carbonyl (C=O) groups is 2. The number of nitrogens with zero attached hydrogens (tertiary/aromatic N) is 2. The Morgan fingerprint density at radius 2 is 1.83 bits per heavy atom. The van der Waals surface area contributed by atoms with Crippen molar-refractivity contribution in [2.45, 2.75) is 19.8 Å². The van der Waals surface area contributed by atoms with Gasteiger partial charge in [-0.25, -0.2) is 4.79 Å². The van der Waals surface area contributed by atoms with Gasteiger partial charge in [-0.3, -0.25) is 4.79 Å². The fraction of sp³-hybridized carbons (Fsp3) is 0.500. The lowest BCUT2D eigenvalue weighted by molar-refractivity contribution is -0.130. The maximum Gasteiger partial charge on any atom is 0.321 e. The number of nitrogens with one attached hydrogen (secondary N) is 1. The van der Waals surface area contributed by atoms with E-state index in [1.165, 1.54) is 0 Å². The van der Waals surface area contributed by atoms with Crippen LogP contribution in [0.15, 0.2) is 18.2 Å². The molecule has 0 radical (unpaired) electrons. The quantitative estimate of drug-likeness (QED) is 0.903. The predicted molar refractivity (Wildman–Crippen MR) is 84.6 cm³/mol. The molecule has 124 valence electrons. The van der Waals surface area contributed by atoms with E-state index in [1.807, 2.05) is 11.8 Å². The van der Waals surface area contributed by atoms with Crippen LogP contribution >= 0.6 is 0 Å². The number of ether oxygens (including phenoxy) is 2. The molecule has 3 amide bonds. The first-order valence-corrected chi connectivity index (χ1v) is 7.90. The Hall–Kier alpha value is -2.44. The Morgan fingerprint density at radius 1 is 1.09 bits per heavy atom. The number of anilines is 1. The molecule has 1 aromatic rings. The number of hydrogen-bond acceptors (Lipinski definition) is 4. The summed E-state index contributed by atoms with van der Waals surface area (Å²) < 4.78 is 10.6. The fourth-order valence-electron chi connectivity index (χ4n) is 2.77. The zero-order chi connectivity index (χ0) is 16.2. The number of benzene rings is 1. The predicted octanol–water partition coefficient (Wildman–Crippen LogP) is 1.89. The third-order valence-corrected chi connectivity index (χ3v) is 4.06. The molecular formula is C16H21N3O4. The maximum atomic E-state index is 12.4. The van der Waals surface area contributed by atoms with Crippen molar-refractivity contribution in [2.24, 2.45) is 0 Å². The van der Waals surface area contributed by atoms with Gasteiger partial charge in [0.05, 0.1) is 0 Å². The molecule has 3 rings (SSSR count). The van der Waals surface area contributed by atoms with E-state index >= 15 is 0 Å². The number of hydrogen-bond donors (Lipinski definition) is 1. The molecule has 0 saturated carbocycles. The van der Waals surface area contributed by atoms with Gasteiger partial charge in [-0.1, -0.05) is 6.92 Å². The van der Waals surface area contributed by atoms with E-state index in [1.54, 1.807) is 23.1 Å². The summed E-state index contributed by atoms with van der Waals surface area (Å²) in [6.07, 6.45) is 1.30. The Labute approximate surface area is 135 Å². The highest BCUT2D eigenvalue weighted by Gasteiger charge is 2.22. The monoisotopic (exact) mass is 319 g/mol. The van der Waals surface area contributed by atoms with Gasteiger partial charge < -0.3 is 24.6 Å². The summed E-state index contributed by atoms with van der Waals surface area (Å²) in [6, 6.07) is 5.16. The third kappa shape index (κ3) is 3.49. The van der Waals surface area contributed by atoms with E-state index in [-0.39, 0.29) is 18.7 Å². The van der Waals surface area contributed by atoms with Crippen molar-refractivity contribution in [1.29, 1.82) is 0 Å². The van der Waals surface area contributed by atoms with Crippen LogP contribution in [0.5, 0.6) is 11.5 Å². The van der Waals surface area contributed by atoms with Crippen LogP contribution in [0, 0.1) is 0 Å². The van der Waals surface area contributed by atoms with Crippen LogP contribution in [-0.4, -0.2) is 54.7 Å². The van der Waals surface area contributed by atoms with Crippen molar-refractivity contribution in [3.8, 4) is 11.5 Å². The average molecular weight is 319 g/mol. The van der Waals surface area contributed by atoms with Gasteiger partial charge in [-0.05, 0) is 18.6 Å². The van der Waals surface area contributed by atoms with Crippen molar-refractivity contribution in [2.75, 3.05) is 38.3 Å². The van der Waals surface area contributed by atoms with Crippen molar-refractivity contribution < 1.29 is 19.1 Å². The molecule has 2 aliphatic rings. The van der Waals surface area contributed by atoms with Crippen molar-refractivity contribution in [1.82, 2.24) is 9.80 Å². The second kappa shape index (κ2) is 6.76. The Bertz CT molecular complexity index is 605. The van der Waals surface area contributed by atoms with Crippen LogP contribution < -0.4 is 14.8 Å². The lowest BCUT2D eigenvalue weighted by Gasteiger charge is -2.22. The molecule has 0 atom stereocenters. The van der Waals surface area contributed by atoms with E-state index < -0.39 is 0 Å². The number of rotatable bonds is 2. The summed E-state index contributed by atoms with van der Waals surface area (Å²) in [7, 11) is 0. The van der Waals surface area contributed by atoms with E-state index in [0.29, 0.717) is 49.8 Å². The summed E-state index contributed by atoms with van der Waals surface area (Å²) in [5.74, 6) is 1.47. The second-order valence-electron chi connectivity index (χ2n) is 5.57. The molecule has 23 heavy (non-hydrogen) atoms. The standard InChI is InChI=1S/C16H21N3O4/c1-2-15(20)18-6-3-7-19(9-8-18)16(21)17-12-4-5-13-14(10-12)23-11-22-13/h4-5,10H,2-3,6-9,11H2,1H3,(H,17,21). The van der Waals surface area contributed by atoms with Crippen LogP contribution in [0.2, 0.25) is 0 Å². The van der Waals surface area contributed by atoms with Gasteiger partial charge in [0, 0.05) is 44.4 Å². The van der Waals surface area contributed by atoms with E-state index in [2.05, 4.69) is 5.32 Å². The fourth-order valence-corrected chi connectivity index (χ4v) is 2.77. The molecule has 1 N–H and O–H groups in total. The van der Waals surface area contributed by atoms with Gasteiger partial charge in [0.1, 0.15) is 0 Å². The third-order valence-electron chi connectivity index (χ3n) is 4.06. The highest BCUT2D eigenvalue weighted by molar-refractivity contribution is 5.90. The van der Waals surface area contributed by atoms with E-state index in [0.717, 1.165) is 6.42 Å². The number of amides is 3. The zero-order valence-corrected chi connectivity index (χ0v) is 13.2. The number of fused-ring (bicyclic) bond motifs is 1. The Balaban J connectivity index is 1.59. The molecule has 2 aliphatic heterocycles. The van der Waals surface area contributed by atoms with Crippen LogP contribution in [0.4, 0.5) is 10.5 Å². The Morgan fingerprint density at radius 3 is 2.65 bits per heavy atom. The van der Waals surface area contributed by atoms with Gasteiger partial charge in [0.25, 0.3) is 0 Å². The molecule has 1 fully saturated rings. The molecule has 0 aromatic heterocycles. The van der Waals surface area contributed by atoms with Gasteiger partial charge >= 0.3 is 6.03 Å². The molecule has 1 saturated heterocycles. The topological polar surface area (TPSA) is 71.1 Å². The van der Waals surface area contributed by atoms with Crippen LogP contribution in [-0.2, 0) is 4.79 Å². The molecule has 0 aliphatic carbocycles. The smallest absolute Gasteiger partial charge is 0.321 e. The normalized spacial score (nSPS) is 16.9. The van der Waals surface area contributed by atoms with Gasteiger partial charge in [-0.15, -0.1) is 0 Å². The van der Waals surface area contributed by atoms with Crippen molar-refractivity contribution in [3.05, 3.63) is 18.2 Å². The minimum atomic E-state index is -0.158. The van der Waals surface area contributed by atoms with Gasteiger partial charge in [0.15, 0.2) is 11.5 Å². The molecule has 0 bridgehead atoms. The summed E-state index contributed by atoms with van der Waals surface area (Å²) in [6.45, 7) is 4.55. The van der Waals surface area contributed by atoms with Crippen LogP contribution in [0.25, 0.3) is 0 Å². The highest BCUT2D eigenvalue weighted by atomic mass is 16.7. The average Bonchev–Trinajstić information content (AvgIpc) is 2.88. The SMILES string of the molecule is CCC(=O)N1CCCN(C(=O)Nc2ccc3c(c2)OCO3)CC1. The largest absolute Gasteiger partial charge is 0.454 e. The molecular weight excluding hydrogens is 298 g/mol. The van der Waals surface area contributed by atoms with Gasteiger partial charge in [0.2, 0.25) is 12.7 Å². The van der Waals surface area contributed by atoms with Crippen LogP contribution in [0.1, 0.15) is 19.8 Å². The molecule has 2 heterocycles. The Kier molecular flexibility index (Phi) is 4.55. The summed E-state index contributed by atoms with van der Waals surface area (Å²) >= 11 is 0. The van der Waals surface area contributed by atoms with Crippen LogP contribution in [0.3, 0.4) is 0 Å². The van der Waals surface area contributed by atoms with E-state index in [4.69, 9.17) is 9.47 Å². The summed E-state index contributed by atoms with van der Waals surface area (Å²) in [5, 5.41) is 2.88. The molecule has 7 nitrogen and oxygen atoms in total. The zero-order valence-electron chi connectivity index (χ0n) is 13.2. The minimum absolute atomic E-state index is 0.142. The maximum absolute atomic E-state index is 12.4. The second-order valence-corrected chi connectivity index (χ2v) is 5.57. The number of urea groups is 1. The lowest BCUT2D eigenvalue weighted by atomic mass is 10.3. The van der Waals surface area contributed by atoms with Crippen molar-refractivity contribution in [3.63, 3.8) is 0 Å². The highest BCUT2D eigenvalue weighted by Crippen LogP contribution is 2.34. The first-order valence-electron chi connectivity index (χ1n) is 7.90. The minimum Gasteiger partial charge on any atom is -0.454 e. The lowest BCUT2D eigenvalue weighted by Crippen LogP contribution is -2.39. The van der Waals surface area contributed by atoms with Crippen molar-refractivity contribution >= 4 is 17.6 Å². The molecule has 0 spiro atoms. The first-order chi connectivity index (χ1) is 11.2. The van der Waals surface area contributed by atoms with E-state index in [9.17, 15) is 9.59 Å². The summed E-state index contributed by atoms with van der Waals surface area (Å²) in [4.78, 5) is 27.8. The van der Waals surface area contributed by atoms with Gasteiger partial charge in [-0.2, -0.15) is 0 Å². The summed E-state index contributed by atoms with van der Waals surface area (Å²) in [5.41, 5.74) is 0.671.